The van der Waals surface area contributed by atoms with Crippen molar-refractivity contribution in [3.05, 3.63) is 63.6 Å². The summed E-state index contributed by atoms with van der Waals surface area (Å²) in [7, 11) is 0. The van der Waals surface area contributed by atoms with Crippen molar-refractivity contribution in [1.29, 1.82) is 0 Å². The molecule has 1 amide bonds. The molecule has 0 saturated carbocycles. The number of carbonyl (C=O) groups is 1. The minimum Gasteiger partial charge on any atom is -0.455 e. The molecule has 138 valence electrons. The van der Waals surface area contributed by atoms with Gasteiger partial charge in [0.05, 0.1) is 12.8 Å². The topological polar surface area (TPSA) is 128 Å². The molecule has 11 heteroatoms. The van der Waals surface area contributed by atoms with Crippen molar-refractivity contribution < 1.29 is 14.1 Å². The van der Waals surface area contributed by atoms with Crippen LogP contribution in [0.3, 0.4) is 0 Å². The van der Waals surface area contributed by atoms with Crippen LogP contribution in [0.15, 0.2) is 52.2 Å². The van der Waals surface area contributed by atoms with Crippen LogP contribution in [-0.4, -0.2) is 31.8 Å². The molecule has 2 aromatic heterocycles. The van der Waals surface area contributed by atoms with Crippen molar-refractivity contribution in [3.8, 4) is 11.3 Å². The van der Waals surface area contributed by atoms with Gasteiger partial charge in [-0.05, 0) is 29.2 Å². The van der Waals surface area contributed by atoms with E-state index in [9.17, 15) is 14.9 Å². The normalized spacial score (nSPS) is 11.0. The monoisotopic (exact) mass is 388 g/mol. The minimum absolute atomic E-state index is 0.0315. The molecule has 0 unspecified atom stereocenters. The highest BCUT2D eigenvalue weighted by Crippen LogP contribution is 2.24. The van der Waals surface area contributed by atoms with Crippen LogP contribution in [0, 0.1) is 10.1 Å². The van der Waals surface area contributed by atoms with Crippen LogP contribution >= 0.6 is 11.6 Å². The molecule has 3 rings (SSSR count). The second-order valence-corrected chi connectivity index (χ2v) is 5.76. The zero-order valence-corrected chi connectivity index (χ0v) is 14.5. The Morgan fingerprint density at radius 2 is 2.26 bits per heavy atom. The fraction of sp³-hybridized carbons (Fsp3) is 0.125. The van der Waals surface area contributed by atoms with Crippen molar-refractivity contribution in [1.82, 2.24) is 20.2 Å². The van der Waals surface area contributed by atoms with Crippen LogP contribution in [-0.2, 0) is 11.3 Å². The maximum Gasteiger partial charge on any atom is 0.490 e. The molecule has 0 atom stereocenters. The molecule has 10 nitrogen and oxygen atoms in total. The van der Waals surface area contributed by atoms with Crippen LogP contribution in [0.4, 0.5) is 5.95 Å². The summed E-state index contributed by atoms with van der Waals surface area (Å²) in [6.07, 6.45) is 2.59. The average molecular weight is 389 g/mol. The molecule has 27 heavy (non-hydrogen) atoms. The third-order valence-corrected chi connectivity index (χ3v) is 3.61. The van der Waals surface area contributed by atoms with Crippen molar-refractivity contribution in [3.63, 3.8) is 0 Å². The van der Waals surface area contributed by atoms with Crippen LogP contribution in [0.5, 0.6) is 0 Å². The first kappa shape index (κ1) is 18.3. The Labute approximate surface area is 157 Å². The standard InChI is InChI=1S/C16H13ClN6O4/c17-12-3-1-2-11(8-12)14-5-4-13(27-14)9-19-20-15(24)6-7-22-10-18-16(21-22)23(25)26/h1-5,8-10H,6-7H2,(H,20,24)/b19-9+. The second kappa shape index (κ2) is 8.23. The first-order chi connectivity index (χ1) is 13.0. The number of hydrogen-bond donors (Lipinski definition) is 1. The molecule has 0 bridgehead atoms. The zero-order chi connectivity index (χ0) is 19.2. The number of amides is 1. The van der Waals surface area contributed by atoms with Crippen LogP contribution < -0.4 is 5.43 Å². The Balaban J connectivity index is 1.50. The van der Waals surface area contributed by atoms with E-state index in [0.29, 0.717) is 16.5 Å². The van der Waals surface area contributed by atoms with Crippen LogP contribution in [0.1, 0.15) is 12.2 Å². The number of aromatic nitrogens is 3. The molecule has 0 aliphatic heterocycles. The molecule has 1 N–H and O–H groups in total. The van der Waals surface area contributed by atoms with E-state index in [2.05, 4.69) is 20.6 Å². The third-order valence-electron chi connectivity index (χ3n) is 3.37. The molecule has 0 radical (unpaired) electrons. The Morgan fingerprint density at radius 3 is 3.00 bits per heavy atom. The van der Waals surface area contributed by atoms with Gasteiger partial charge in [-0.15, -0.1) is 0 Å². The predicted octanol–water partition coefficient (Wildman–Crippen LogP) is 2.64. The minimum atomic E-state index is -0.706. The van der Waals surface area contributed by atoms with Crippen molar-refractivity contribution in [2.45, 2.75) is 13.0 Å². The number of aryl methyl sites for hydroxylation is 1. The van der Waals surface area contributed by atoms with E-state index in [4.69, 9.17) is 16.0 Å². The lowest BCUT2D eigenvalue weighted by Crippen LogP contribution is -2.19. The number of furan rings is 1. The van der Waals surface area contributed by atoms with E-state index in [1.807, 2.05) is 12.1 Å². The highest BCUT2D eigenvalue weighted by Gasteiger charge is 2.13. The summed E-state index contributed by atoms with van der Waals surface area (Å²) >= 11 is 5.95. The lowest BCUT2D eigenvalue weighted by Gasteiger charge is -1.98. The molecule has 0 aliphatic carbocycles. The third kappa shape index (κ3) is 4.98. The largest absolute Gasteiger partial charge is 0.490 e. The average Bonchev–Trinajstić information content (AvgIpc) is 3.30. The summed E-state index contributed by atoms with van der Waals surface area (Å²) in [5.41, 5.74) is 3.17. The van der Waals surface area contributed by atoms with Gasteiger partial charge in [-0.25, -0.2) is 5.43 Å². The quantitative estimate of drug-likeness (QED) is 0.376. The van der Waals surface area contributed by atoms with Gasteiger partial charge in [-0.2, -0.15) is 9.78 Å². The second-order valence-electron chi connectivity index (χ2n) is 5.32. The number of carbonyl (C=O) groups excluding carboxylic acids is 1. The summed E-state index contributed by atoms with van der Waals surface area (Å²) < 4.78 is 6.83. The number of hydrazone groups is 1. The molecule has 0 spiro atoms. The number of nitrogens with one attached hydrogen (secondary N) is 1. The summed E-state index contributed by atoms with van der Waals surface area (Å²) in [5, 5.41) is 18.5. The Morgan fingerprint density at radius 1 is 1.41 bits per heavy atom. The van der Waals surface area contributed by atoms with E-state index >= 15 is 0 Å². The Bertz CT molecular complexity index is 996. The van der Waals surface area contributed by atoms with E-state index in [-0.39, 0.29) is 18.9 Å². The summed E-state index contributed by atoms with van der Waals surface area (Å²) in [5.74, 6) is 0.183. The number of rotatable bonds is 7. The van der Waals surface area contributed by atoms with E-state index in [1.165, 1.54) is 17.2 Å². The molecular weight excluding hydrogens is 376 g/mol. The van der Waals surface area contributed by atoms with E-state index < -0.39 is 10.9 Å². The molecule has 0 aliphatic rings. The van der Waals surface area contributed by atoms with Crippen LogP contribution in [0.25, 0.3) is 11.3 Å². The lowest BCUT2D eigenvalue weighted by atomic mass is 10.2. The van der Waals surface area contributed by atoms with Gasteiger partial charge >= 0.3 is 5.95 Å². The maximum atomic E-state index is 11.7. The Kier molecular flexibility index (Phi) is 5.57. The van der Waals surface area contributed by atoms with E-state index in [0.717, 1.165) is 5.56 Å². The van der Waals surface area contributed by atoms with Gasteiger partial charge in [-0.1, -0.05) is 28.7 Å². The molecule has 0 fully saturated rings. The molecule has 2 heterocycles. The van der Waals surface area contributed by atoms with Gasteiger partial charge < -0.3 is 14.5 Å². The first-order valence-electron chi connectivity index (χ1n) is 7.73. The van der Waals surface area contributed by atoms with Gasteiger partial charge in [0.2, 0.25) is 12.2 Å². The predicted molar refractivity (Wildman–Crippen MR) is 96.2 cm³/mol. The summed E-state index contributed by atoms with van der Waals surface area (Å²) in [4.78, 5) is 25.0. The number of hydrogen-bond acceptors (Lipinski definition) is 7. The van der Waals surface area contributed by atoms with Crippen LogP contribution in [0.2, 0.25) is 5.02 Å². The Hall–Kier alpha value is -3.53. The number of benzene rings is 1. The highest BCUT2D eigenvalue weighted by atomic mass is 35.5. The fourth-order valence-electron chi connectivity index (χ4n) is 2.14. The SMILES string of the molecule is O=C(CCn1cnc([N+](=O)[O-])n1)N/N=C/c1ccc(-c2cccc(Cl)c2)o1. The molecule has 1 aromatic carbocycles. The lowest BCUT2D eigenvalue weighted by molar-refractivity contribution is -0.394. The summed E-state index contributed by atoms with van der Waals surface area (Å²) in [6.45, 7) is 0.141. The molecule has 0 saturated heterocycles. The van der Waals surface area contributed by atoms with Gasteiger partial charge in [0.15, 0.2) is 0 Å². The maximum absolute atomic E-state index is 11.7. The first-order valence-corrected chi connectivity index (χ1v) is 8.10. The van der Waals surface area contributed by atoms with E-state index in [1.54, 1.807) is 24.3 Å². The van der Waals surface area contributed by atoms with Crippen molar-refractivity contribution >= 4 is 29.7 Å². The van der Waals surface area contributed by atoms with Gasteiger partial charge in [-0.3, -0.25) is 4.79 Å². The van der Waals surface area contributed by atoms with Gasteiger partial charge in [0.1, 0.15) is 11.5 Å². The van der Waals surface area contributed by atoms with Gasteiger partial charge in [0, 0.05) is 22.1 Å². The number of nitro groups is 1. The smallest absolute Gasteiger partial charge is 0.455 e. The fourth-order valence-corrected chi connectivity index (χ4v) is 2.33. The number of nitrogens with zero attached hydrogens (tertiary/aromatic N) is 5. The zero-order valence-electron chi connectivity index (χ0n) is 13.8. The molecular formula is C16H13ClN6O4. The van der Waals surface area contributed by atoms with Crippen molar-refractivity contribution in [2.75, 3.05) is 0 Å². The highest BCUT2D eigenvalue weighted by molar-refractivity contribution is 6.30. The van der Waals surface area contributed by atoms with Gasteiger partial charge in [0.25, 0.3) is 0 Å². The van der Waals surface area contributed by atoms with Crippen molar-refractivity contribution in [2.24, 2.45) is 5.10 Å². The summed E-state index contributed by atoms with van der Waals surface area (Å²) in [6, 6.07) is 10.7. The number of halogens is 1. The molecule has 3 aromatic rings.